The van der Waals surface area contributed by atoms with Crippen LogP contribution < -0.4 is 16.0 Å². The molecule has 7 heteroatoms. The number of benzene rings is 1. The van der Waals surface area contributed by atoms with Crippen molar-refractivity contribution in [1.82, 2.24) is 20.9 Å². The monoisotopic (exact) mass is 399 g/mol. The molecule has 1 heterocycles. The zero-order valence-electron chi connectivity index (χ0n) is 17.3. The molecule has 1 unspecified atom stereocenters. The summed E-state index contributed by atoms with van der Waals surface area (Å²) in [5.41, 5.74) is 1.26. The average Bonchev–Trinajstić information content (AvgIpc) is 3.52. The Kier molecular flexibility index (Phi) is 7.90. The van der Waals surface area contributed by atoms with Crippen LogP contribution in [0, 0.1) is 11.8 Å². The molecule has 1 saturated carbocycles. The quantitative estimate of drug-likeness (QED) is 0.313. The minimum atomic E-state index is 0.161. The Labute approximate surface area is 173 Å². The average molecular weight is 400 g/mol. The van der Waals surface area contributed by atoms with Crippen LogP contribution in [0.2, 0.25) is 0 Å². The summed E-state index contributed by atoms with van der Waals surface area (Å²) in [6, 6.07) is 10.3. The van der Waals surface area contributed by atoms with E-state index >= 15 is 0 Å². The molecule has 1 aromatic carbocycles. The second-order valence-electron chi connectivity index (χ2n) is 7.86. The minimum absolute atomic E-state index is 0.161. The number of aliphatic imine (C=N–C) groups is 1. The van der Waals surface area contributed by atoms with Crippen LogP contribution in [0.15, 0.2) is 35.3 Å². The van der Waals surface area contributed by atoms with Gasteiger partial charge >= 0.3 is 0 Å². The third-order valence-electron chi connectivity index (χ3n) is 5.32. The van der Waals surface area contributed by atoms with Gasteiger partial charge in [-0.25, -0.2) is 0 Å². The number of carbonyl (C=O) groups excluding carboxylic acids is 2. The van der Waals surface area contributed by atoms with E-state index in [1.807, 2.05) is 30.0 Å². The zero-order valence-corrected chi connectivity index (χ0v) is 17.3. The predicted octanol–water partition coefficient (Wildman–Crippen LogP) is 1.16. The van der Waals surface area contributed by atoms with E-state index in [-0.39, 0.29) is 23.7 Å². The van der Waals surface area contributed by atoms with Crippen LogP contribution >= 0.6 is 0 Å². The van der Waals surface area contributed by atoms with Gasteiger partial charge in [-0.15, -0.1) is 0 Å². The summed E-state index contributed by atoms with van der Waals surface area (Å²) < 4.78 is 0. The topological polar surface area (TPSA) is 85.8 Å². The molecule has 1 atom stereocenters. The van der Waals surface area contributed by atoms with E-state index in [9.17, 15) is 9.59 Å². The van der Waals surface area contributed by atoms with Crippen molar-refractivity contribution in [2.45, 2.75) is 32.6 Å². The van der Waals surface area contributed by atoms with E-state index in [1.54, 1.807) is 0 Å². The van der Waals surface area contributed by atoms with Crippen LogP contribution in [0.5, 0.6) is 0 Å². The molecule has 3 N–H and O–H groups in total. The second-order valence-corrected chi connectivity index (χ2v) is 7.86. The first-order valence-corrected chi connectivity index (χ1v) is 10.8. The molecule has 0 spiro atoms. The molecule has 0 aromatic heterocycles. The number of likely N-dealkylation sites (tertiary alicyclic amines) is 1. The number of rotatable bonds is 10. The van der Waals surface area contributed by atoms with Crippen LogP contribution in [0.3, 0.4) is 0 Å². The lowest BCUT2D eigenvalue weighted by Crippen LogP contribution is -2.42. The second kappa shape index (κ2) is 10.8. The summed E-state index contributed by atoms with van der Waals surface area (Å²) in [5, 5.41) is 9.42. The van der Waals surface area contributed by atoms with Gasteiger partial charge < -0.3 is 20.9 Å². The van der Waals surface area contributed by atoms with E-state index in [0.717, 1.165) is 44.9 Å². The van der Waals surface area contributed by atoms with Gasteiger partial charge in [0.2, 0.25) is 11.8 Å². The highest BCUT2D eigenvalue weighted by Gasteiger charge is 2.29. The van der Waals surface area contributed by atoms with Gasteiger partial charge in [-0.1, -0.05) is 30.3 Å². The first kappa shape index (κ1) is 21.1. The largest absolute Gasteiger partial charge is 0.357 e. The Morgan fingerprint density at radius 1 is 1.14 bits per heavy atom. The van der Waals surface area contributed by atoms with E-state index in [0.29, 0.717) is 26.1 Å². The Morgan fingerprint density at radius 2 is 1.90 bits per heavy atom. The maximum absolute atomic E-state index is 12.3. The minimum Gasteiger partial charge on any atom is -0.357 e. The standard InChI is InChI=1S/C22H33N5O2/c1-2-23-22(25-12-11-24-21(29)19-8-9-19)26-15-18-14-20(28)27(16-18)13-10-17-6-4-3-5-7-17/h3-7,18-19H,2,8-16H2,1H3,(H,24,29)(H2,23,25,26). The molecule has 1 aromatic rings. The molecule has 1 aliphatic carbocycles. The van der Waals surface area contributed by atoms with Crippen molar-refractivity contribution >= 4 is 17.8 Å². The zero-order chi connectivity index (χ0) is 20.5. The Hall–Kier alpha value is -2.57. The van der Waals surface area contributed by atoms with Crippen molar-refractivity contribution in [3.05, 3.63) is 35.9 Å². The maximum Gasteiger partial charge on any atom is 0.223 e. The number of amides is 2. The van der Waals surface area contributed by atoms with E-state index in [2.05, 4.69) is 33.1 Å². The van der Waals surface area contributed by atoms with Gasteiger partial charge in [0, 0.05) is 57.5 Å². The fourth-order valence-corrected chi connectivity index (χ4v) is 3.52. The molecule has 2 aliphatic rings. The fourth-order valence-electron chi connectivity index (χ4n) is 3.52. The molecule has 2 fully saturated rings. The molecule has 158 valence electrons. The van der Waals surface area contributed by atoms with Crippen molar-refractivity contribution in [2.75, 3.05) is 39.3 Å². The smallest absolute Gasteiger partial charge is 0.223 e. The van der Waals surface area contributed by atoms with Gasteiger partial charge in [0.15, 0.2) is 5.96 Å². The Balaban J connectivity index is 1.38. The molecule has 7 nitrogen and oxygen atoms in total. The molecule has 29 heavy (non-hydrogen) atoms. The number of hydrogen-bond acceptors (Lipinski definition) is 3. The number of hydrogen-bond donors (Lipinski definition) is 3. The molecule has 3 rings (SSSR count). The number of nitrogens with one attached hydrogen (secondary N) is 3. The summed E-state index contributed by atoms with van der Waals surface area (Å²) >= 11 is 0. The van der Waals surface area contributed by atoms with Gasteiger partial charge in [0.1, 0.15) is 0 Å². The van der Waals surface area contributed by atoms with Crippen molar-refractivity contribution in [3.63, 3.8) is 0 Å². The first-order chi connectivity index (χ1) is 14.2. The van der Waals surface area contributed by atoms with Crippen molar-refractivity contribution < 1.29 is 9.59 Å². The van der Waals surface area contributed by atoms with Crippen LogP contribution in [0.1, 0.15) is 31.7 Å². The van der Waals surface area contributed by atoms with Crippen molar-refractivity contribution in [2.24, 2.45) is 16.8 Å². The van der Waals surface area contributed by atoms with Gasteiger partial charge in [0.25, 0.3) is 0 Å². The van der Waals surface area contributed by atoms with Crippen LogP contribution in [0.25, 0.3) is 0 Å². The highest BCUT2D eigenvalue weighted by Crippen LogP contribution is 2.28. The molecular formula is C22H33N5O2. The summed E-state index contributed by atoms with van der Waals surface area (Å²) in [5.74, 6) is 1.61. The van der Waals surface area contributed by atoms with Gasteiger partial charge in [-0.3, -0.25) is 14.6 Å². The number of nitrogens with zero attached hydrogens (tertiary/aromatic N) is 2. The summed E-state index contributed by atoms with van der Waals surface area (Å²) in [4.78, 5) is 30.6. The number of carbonyl (C=O) groups is 2. The molecule has 1 saturated heterocycles. The highest BCUT2D eigenvalue weighted by atomic mass is 16.2. The molecule has 0 bridgehead atoms. The van der Waals surface area contributed by atoms with Crippen LogP contribution in [-0.4, -0.2) is 61.9 Å². The van der Waals surface area contributed by atoms with Crippen molar-refractivity contribution in [1.29, 1.82) is 0 Å². The lowest BCUT2D eigenvalue weighted by molar-refractivity contribution is -0.127. The summed E-state index contributed by atoms with van der Waals surface area (Å²) in [6.07, 6.45) is 3.49. The molecular weight excluding hydrogens is 366 g/mol. The highest BCUT2D eigenvalue weighted by molar-refractivity contribution is 5.82. The van der Waals surface area contributed by atoms with Gasteiger partial charge in [-0.05, 0) is 31.7 Å². The van der Waals surface area contributed by atoms with Gasteiger partial charge in [-0.2, -0.15) is 0 Å². The third kappa shape index (κ3) is 7.07. The normalized spacial score (nSPS) is 19.3. The summed E-state index contributed by atoms with van der Waals surface area (Å²) in [6.45, 7) is 6.18. The SMILES string of the molecule is CCNC(=NCC1CC(=O)N(CCc2ccccc2)C1)NCCNC(=O)C1CC1. The molecule has 2 amide bonds. The van der Waals surface area contributed by atoms with Crippen LogP contribution in [-0.2, 0) is 16.0 Å². The van der Waals surface area contributed by atoms with Gasteiger partial charge in [0.05, 0.1) is 0 Å². The maximum atomic E-state index is 12.3. The predicted molar refractivity (Wildman–Crippen MR) is 115 cm³/mol. The van der Waals surface area contributed by atoms with E-state index in [4.69, 9.17) is 0 Å². The summed E-state index contributed by atoms with van der Waals surface area (Å²) in [7, 11) is 0. The van der Waals surface area contributed by atoms with Crippen molar-refractivity contribution in [3.8, 4) is 0 Å². The lowest BCUT2D eigenvalue weighted by atomic mass is 10.1. The number of guanidine groups is 1. The Morgan fingerprint density at radius 3 is 2.62 bits per heavy atom. The van der Waals surface area contributed by atoms with E-state index < -0.39 is 0 Å². The van der Waals surface area contributed by atoms with Crippen LogP contribution in [0.4, 0.5) is 0 Å². The Bertz CT molecular complexity index is 702. The van der Waals surface area contributed by atoms with E-state index in [1.165, 1.54) is 5.56 Å². The first-order valence-electron chi connectivity index (χ1n) is 10.8. The molecule has 1 aliphatic heterocycles. The third-order valence-corrected chi connectivity index (χ3v) is 5.32. The molecule has 0 radical (unpaired) electrons. The lowest BCUT2D eigenvalue weighted by Gasteiger charge is -2.16. The fraction of sp³-hybridized carbons (Fsp3) is 0.591.